The molecule has 1 aliphatic heterocycles. The fourth-order valence-corrected chi connectivity index (χ4v) is 2.99. The fraction of sp³-hybridized carbons (Fsp3) is 0.692. The maximum Gasteiger partial charge on any atom is 0.119 e. The molecule has 1 aliphatic rings. The lowest BCUT2D eigenvalue weighted by atomic mass is 9.99. The molecule has 5 heteroatoms. The van der Waals surface area contributed by atoms with E-state index in [1.807, 2.05) is 0 Å². The SMILES string of the molecule is CSc1nccnc1CN(C)C[C@H]1CCCNC1. The molecule has 1 aromatic heterocycles. The van der Waals surface area contributed by atoms with Gasteiger partial charge in [0, 0.05) is 25.5 Å². The van der Waals surface area contributed by atoms with Gasteiger partial charge in [-0.2, -0.15) is 0 Å². The molecule has 0 saturated carbocycles. The highest BCUT2D eigenvalue weighted by atomic mass is 32.2. The Morgan fingerprint density at radius 3 is 3.00 bits per heavy atom. The first kappa shape index (κ1) is 13.8. The molecule has 0 aliphatic carbocycles. The smallest absolute Gasteiger partial charge is 0.119 e. The molecule has 2 heterocycles. The minimum Gasteiger partial charge on any atom is -0.316 e. The van der Waals surface area contributed by atoms with Gasteiger partial charge in [-0.15, -0.1) is 11.8 Å². The minimum absolute atomic E-state index is 0.776. The maximum atomic E-state index is 4.44. The number of piperidine rings is 1. The van der Waals surface area contributed by atoms with Gasteiger partial charge in [-0.1, -0.05) is 0 Å². The van der Waals surface area contributed by atoms with Crippen LogP contribution in [0, 0.1) is 5.92 Å². The molecule has 100 valence electrons. The molecule has 18 heavy (non-hydrogen) atoms. The Morgan fingerprint density at radius 2 is 2.28 bits per heavy atom. The van der Waals surface area contributed by atoms with Crippen LogP contribution in [0.15, 0.2) is 17.4 Å². The van der Waals surface area contributed by atoms with Crippen LogP contribution in [0.4, 0.5) is 0 Å². The first-order chi connectivity index (χ1) is 8.79. The van der Waals surface area contributed by atoms with Gasteiger partial charge in [0.2, 0.25) is 0 Å². The second-order valence-corrected chi connectivity index (χ2v) is 5.72. The van der Waals surface area contributed by atoms with Gasteiger partial charge < -0.3 is 10.2 Å². The largest absolute Gasteiger partial charge is 0.316 e. The molecule has 0 aromatic carbocycles. The van der Waals surface area contributed by atoms with Crippen molar-refractivity contribution >= 4 is 11.8 Å². The van der Waals surface area contributed by atoms with Crippen LogP contribution in [0.5, 0.6) is 0 Å². The predicted octanol–water partition coefficient (Wildman–Crippen LogP) is 1.63. The predicted molar refractivity (Wildman–Crippen MR) is 75.7 cm³/mol. The molecule has 1 fully saturated rings. The van der Waals surface area contributed by atoms with Crippen LogP contribution in [-0.2, 0) is 6.54 Å². The zero-order chi connectivity index (χ0) is 12.8. The highest BCUT2D eigenvalue weighted by Gasteiger charge is 2.16. The summed E-state index contributed by atoms with van der Waals surface area (Å²) >= 11 is 1.67. The lowest BCUT2D eigenvalue weighted by molar-refractivity contribution is 0.234. The first-order valence-electron chi connectivity index (χ1n) is 6.52. The topological polar surface area (TPSA) is 41.1 Å². The summed E-state index contributed by atoms with van der Waals surface area (Å²) in [5.74, 6) is 0.776. The lowest BCUT2D eigenvalue weighted by Gasteiger charge is -2.27. The maximum absolute atomic E-state index is 4.44. The Kier molecular flexibility index (Phi) is 5.41. The van der Waals surface area contributed by atoms with Crippen LogP contribution in [0.25, 0.3) is 0 Å². The average Bonchev–Trinajstić information content (AvgIpc) is 2.40. The number of hydrogen-bond acceptors (Lipinski definition) is 5. The summed E-state index contributed by atoms with van der Waals surface area (Å²) in [7, 11) is 2.17. The monoisotopic (exact) mass is 266 g/mol. The minimum atomic E-state index is 0.776. The molecular weight excluding hydrogens is 244 g/mol. The zero-order valence-electron chi connectivity index (χ0n) is 11.2. The Bertz CT molecular complexity index is 366. The molecule has 0 amide bonds. The van der Waals surface area contributed by atoms with E-state index in [-0.39, 0.29) is 0 Å². The summed E-state index contributed by atoms with van der Waals surface area (Å²) in [6.45, 7) is 4.36. The van der Waals surface area contributed by atoms with E-state index < -0.39 is 0 Å². The van der Waals surface area contributed by atoms with Crippen LogP contribution in [0.1, 0.15) is 18.5 Å². The molecule has 0 spiro atoms. The Morgan fingerprint density at radius 1 is 1.44 bits per heavy atom. The van der Waals surface area contributed by atoms with Crippen molar-refractivity contribution in [2.24, 2.45) is 5.92 Å². The fourth-order valence-electron chi connectivity index (χ4n) is 2.47. The van der Waals surface area contributed by atoms with Gasteiger partial charge in [0.1, 0.15) is 5.03 Å². The molecule has 0 bridgehead atoms. The first-order valence-corrected chi connectivity index (χ1v) is 7.75. The molecule has 1 atom stereocenters. The molecule has 0 unspecified atom stereocenters. The quantitative estimate of drug-likeness (QED) is 0.820. The third kappa shape index (κ3) is 3.93. The molecule has 1 aromatic rings. The van der Waals surface area contributed by atoms with E-state index >= 15 is 0 Å². The Hall–Kier alpha value is -0.650. The van der Waals surface area contributed by atoms with Crippen LogP contribution in [0.2, 0.25) is 0 Å². The third-order valence-electron chi connectivity index (χ3n) is 3.32. The van der Waals surface area contributed by atoms with E-state index in [2.05, 4.69) is 33.5 Å². The van der Waals surface area contributed by atoms with Crippen molar-refractivity contribution < 1.29 is 0 Å². The molecular formula is C13H22N4S. The van der Waals surface area contributed by atoms with E-state index in [0.29, 0.717) is 0 Å². The van der Waals surface area contributed by atoms with Crippen LogP contribution >= 0.6 is 11.8 Å². The van der Waals surface area contributed by atoms with Crippen molar-refractivity contribution in [3.05, 3.63) is 18.1 Å². The average molecular weight is 266 g/mol. The summed E-state index contributed by atoms with van der Waals surface area (Å²) in [5.41, 5.74) is 1.09. The van der Waals surface area contributed by atoms with Gasteiger partial charge in [-0.25, -0.2) is 4.98 Å². The molecule has 2 rings (SSSR count). The van der Waals surface area contributed by atoms with E-state index in [4.69, 9.17) is 0 Å². The van der Waals surface area contributed by atoms with Gasteiger partial charge >= 0.3 is 0 Å². The number of rotatable bonds is 5. The molecule has 1 saturated heterocycles. The van der Waals surface area contributed by atoms with Gasteiger partial charge in [-0.3, -0.25) is 4.98 Å². The van der Waals surface area contributed by atoms with E-state index in [9.17, 15) is 0 Å². The summed E-state index contributed by atoms with van der Waals surface area (Å²) in [6.07, 6.45) is 8.25. The highest BCUT2D eigenvalue weighted by molar-refractivity contribution is 7.98. The van der Waals surface area contributed by atoms with Crippen molar-refractivity contribution in [1.29, 1.82) is 0 Å². The second-order valence-electron chi connectivity index (χ2n) is 4.92. The lowest BCUT2D eigenvalue weighted by Crippen LogP contribution is -2.36. The number of aromatic nitrogens is 2. The second kappa shape index (κ2) is 7.07. The summed E-state index contributed by atoms with van der Waals surface area (Å²) in [5, 5.41) is 4.52. The normalized spacial score (nSPS) is 20.3. The standard InChI is InChI=1S/C13H22N4S/c1-17(9-11-4-3-5-14-8-11)10-12-13(18-2)16-7-6-15-12/h6-7,11,14H,3-5,8-10H2,1-2H3/t11-/m0/s1. The van der Waals surface area contributed by atoms with E-state index in [1.54, 1.807) is 24.2 Å². The van der Waals surface area contributed by atoms with Crippen molar-refractivity contribution in [3.63, 3.8) is 0 Å². The van der Waals surface area contributed by atoms with Crippen LogP contribution in [-0.4, -0.2) is 47.8 Å². The van der Waals surface area contributed by atoms with Crippen molar-refractivity contribution in [2.75, 3.05) is 32.9 Å². The van der Waals surface area contributed by atoms with Crippen LogP contribution < -0.4 is 5.32 Å². The summed E-state index contributed by atoms with van der Waals surface area (Å²) in [6, 6.07) is 0. The van der Waals surface area contributed by atoms with E-state index in [0.717, 1.165) is 36.3 Å². The van der Waals surface area contributed by atoms with Crippen molar-refractivity contribution in [1.82, 2.24) is 20.2 Å². The van der Waals surface area contributed by atoms with Crippen LogP contribution in [0.3, 0.4) is 0 Å². The summed E-state index contributed by atoms with van der Waals surface area (Å²) < 4.78 is 0. The number of nitrogens with one attached hydrogen (secondary N) is 1. The van der Waals surface area contributed by atoms with Gasteiger partial charge in [0.05, 0.1) is 5.69 Å². The molecule has 1 N–H and O–H groups in total. The number of hydrogen-bond donors (Lipinski definition) is 1. The van der Waals surface area contributed by atoms with Crippen molar-refractivity contribution in [3.8, 4) is 0 Å². The summed E-state index contributed by atoms with van der Waals surface area (Å²) in [4.78, 5) is 11.2. The van der Waals surface area contributed by atoms with Gasteiger partial charge in [-0.05, 0) is 45.2 Å². The molecule has 0 radical (unpaired) electrons. The Balaban J connectivity index is 1.87. The van der Waals surface area contributed by atoms with Crippen molar-refractivity contribution in [2.45, 2.75) is 24.4 Å². The molecule has 4 nitrogen and oxygen atoms in total. The highest BCUT2D eigenvalue weighted by Crippen LogP contribution is 2.17. The van der Waals surface area contributed by atoms with E-state index in [1.165, 1.54) is 19.4 Å². The van der Waals surface area contributed by atoms with Gasteiger partial charge in [0.15, 0.2) is 0 Å². The zero-order valence-corrected chi connectivity index (χ0v) is 12.0. The Labute approximate surface area is 114 Å². The number of nitrogens with zero attached hydrogens (tertiary/aromatic N) is 3. The van der Waals surface area contributed by atoms with Gasteiger partial charge in [0.25, 0.3) is 0 Å². The third-order valence-corrected chi connectivity index (χ3v) is 4.05. The number of thioether (sulfide) groups is 1.